The van der Waals surface area contributed by atoms with Crippen LogP contribution in [0.1, 0.15) is 51.8 Å². The Kier molecular flexibility index (Phi) is 15.3. The van der Waals surface area contributed by atoms with Gasteiger partial charge < -0.3 is 0 Å². The molecule has 0 spiro atoms. The maximum atomic E-state index is 3.72. The van der Waals surface area contributed by atoms with Gasteiger partial charge in [-0.25, -0.2) is 6.07 Å². The van der Waals surface area contributed by atoms with Crippen LogP contribution in [0.15, 0.2) is 127 Å². The predicted octanol–water partition coefficient (Wildman–Crippen LogP) is 9.89. The first-order valence-corrected chi connectivity index (χ1v) is 17.9. The maximum absolute atomic E-state index is 3.72. The summed E-state index contributed by atoms with van der Waals surface area (Å²) in [7, 11) is -1.37. The molecule has 6 rings (SSSR count). The van der Waals surface area contributed by atoms with Gasteiger partial charge in [0.2, 0.25) is 0 Å². The molecule has 0 unspecified atom stereocenters. The van der Waals surface area contributed by atoms with Crippen molar-refractivity contribution < 1.29 is 21.7 Å². The fraction of sp³-hybridized carbons (Fsp3) is 0.200. The van der Waals surface area contributed by atoms with Gasteiger partial charge in [-0.05, 0) is 0 Å². The molecule has 0 nitrogen and oxygen atoms in total. The summed E-state index contributed by atoms with van der Waals surface area (Å²) in [6.45, 7) is 18.5. The number of hydrogen-bond donors (Lipinski definition) is 0. The van der Waals surface area contributed by atoms with Crippen molar-refractivity contribution in [1.82, 2.24) is 0 Å². The van der Waals surface area contributed by atoms with Crippen LogP contribution in [0.2, 0.25) is 13.1 Å². The van der Waals surface area contributed by atoms with Crippen LogP contribution >= 0.6 is 0 Å². The number of aryl methyl sites for hydroxylation is 1. The molecule has 0 N–H and O–H groups in total. The summed E-state index contributed by atoms with van der Waals surface area (Å²) in [5.74, 6) is 0. The zero-order valence-electron chi connectivity index (χ0n) is 25.8. The van der Waals surface area contributed by atoms with Crippen molar-refractivity contribution in [3.8, 4) is 0 Å². The molecule has 0 heterocycles. The van der Waals surface area contributed by atoms with Crippen LogP contribution < -0.4 is 5.19 Å². The van der Waals surface area contributed by atoms with Crippen LogP contribution in [0.5, 0.6) is 0 Å². The number of fused-ring (bicyclic) bond motifs is 1. The molecule has 0 amide bonds. The Balaban J connectivity index is 0.000000229. The molecule has 5 aromatic carbocycles. The summed E-state index contributed by atoms with van der Waals surface area (Å²) in [5, 5.41) is 1.58. The number of hydrogen-bond acceptors (Lipinski definition) is 0. The van der Waals surface area contributed by atoms with Gasteiger partial charge in [0.25, 0.3) is 0 Å². The van der Waals surface area contributed by atoms with Gasteiger partial charge in [0.05, 0.1) is 8.07 Å². The Morgan fingerprint density at radius 2 is 0.976 bits per heavy atom. The Bertz CT molecular complexity index is 1300. The second-order valence-corrected chi connectivity index (χ2v) is 16.1. The Labute approximate surface area is 272 Å². The van der Waals surface area contributed by atoms with E-state index in [-0.39, 0.29) is 21.7 Å². The van der Waals surface area contributed by atoms with E-state index >= 15 is 0 Å². The van der Waals surface area contributed by atoms with E-state index < -0.39 is 8.07 Å². The average molecular weight is 603 g/mol. The molecule has 0 aromatic heterocycles. The molecule has 42 heavy (non-hydrogen) atoms. The number of benzene rings is 4. The topological polar surface area (TPSA) is 0 Å². The maximum Gasteiger partial charge on any atom is 4.00 e. The third kappa shape index (κ3) is 11.9. The first kappa shape index (κ1) is 35.0. The van der Waals surface area contributed by atoms with E-state index in [4.69, 9.17) is 0 Å². The average Bonchev–Trinajstić information content (AvgIpc) is 3.30. The SMILES string of the molecule is C[c-]1c(C[Si](C)(C)c2ccccc2)cc2c1CCCC2.[CH2-]c1ccccc1.[CH2-]c1ccccc1.[CH2-]c1ccccc1.[Ti+4]. The number of rotatable bonds is 3. The van der Waals surface area contributed by atoms with Crippen LogP contribution in [0.3, 0.4) is 0 Å². The minimum absolute atomic E-state index is 0. The van der Waals surface area contributed by atoms with Crippen molar-refractivity contribution in [2.24, 2.45) is 0 Å². The van der Waals surface area contributed by atoms with Crippen molar-refractivity contribution in [2.45, 2.75) is 51.7 Å². The third-order valence-electron chi connectivity index (χ3n) is 7.51. The van der Waals surface area contributed by atoms with Gasteiger partial charge in [-0.3, -0.25) is 0 Å². The predicted molar refractivity (Wildman–Crippen MR) is 183 cm³/mol. The van der Waals surface area contributed by atoms with Gasteiger partial charge in [-0.1, -0.05) is 105 Å². The monoisotopic (exact) mass is 602 g/mol. The van der Waals surface area contributed by atoms with Crippen LogP contribution in [0, 0.1) is 27.7 Å². The molecule has 1 aliphatic rings. The normalized spacial score (nSPS) is 11.5. The molecular formula is C40H46SiTi. The van der Waals surface area contributed by atoms with E-state index in [1.165, 1.54) is 31.7 Å². The van der Waals surface area contributed by atoms with Gasteiger partial charge in [-0.15, -0.1) is 36.4 Å². The van der Waals surface area contributed by atoms with Crippen LogP contribution in [-0.2, 0) is 40.6 Å². The molecule has 0 atom stereocenters. The third-order valence-corrected chi connectivity index (χ3v) is 10.7. The fourth-order valence-electron chi connectivity index (χ4n) is 5.11. The summed E-state index contributed by atoms with van der Waals surface area (Å²) < 4.78 is 0. The fourth-order valence-corrected chi connectivity index (χ4v) is 7.73. The molecule has 0 aliphatic heterocycles. The van der Waals surface area contributed by atoms with Gasteiger partial charge in [-0.2, -0.15) is 96.1 Å². The molecule has 214 valence electrons. The second kappa shape index (κ2) is 18.3. The summed E-state index contributed by atoms with van der Waals surface area (Å²) in [5.41, 5.74) is 9.80. The van der Waals surface area contributed by atoms with E-state index in [1.807, 2.05) is 91.0 Å². The van der Waals surface area contributed by atoms with E-state index in [0.717, 1.165) is 16.7 Å². The first-order valence-electron chi connectivity index (χ1n) is 14.7. The second-order valence-electron chi connectivity index (χ2n) is 11.4. The smallest absolute Gasteiger partial charge is 0.207 e. The molecule has 0 radical (unpaired) electrons. The molecule has 2 heteroatoms. The minimum atomic E-state index is -1.37. The largest absolute Gasteiger partial charge is 4.00 e. The summed E-state index contributed by atoms with van der Waals surface area (Å²) in [4.78, 5) is 0. The molecule has 0 fully saturated rings. The summed E-state index contributed by atoms with van der Waals surface area (Å²) in [6, 6.07) is 44.6. The van der Waals surface area contributed by atoms with E-state index in [0.29, 0.717) is 0 Å². The van der Waals surface area contributed by atoms with Gasteiger partial charge in [0.1, 0.15) is 0 Å². The molecule has 1 aliphatic carbocycles. The summed E-state index contributed by atoms with van der Waals surface area (Å²) >= 11 is 0. The van der Waals surface area contributed by atoms with E-state index in [9.17, 15) is 0 Å². The summed E-state index contributed by atoms with van der Waals surface area (Å²) in [6.07, 6.45) is 5.39. The molecule has 0 saturated carbocycles. The molecule has 0 saturated heterocycles. The van der Waals surface area contributed by atoms with Gasteiger partial charge in [0.15, 0.2) is 0 Å². The standard InChI is InChI=1S/C19H25Si.3C7H7.Ti/c1-15-17(13-16-9-7-8-12-19(15)16)14-20(2,3)18-10-5-4-6-11-18;3*1-7-5-3-2-4-6-7;/h4-6,10-11,13H,7-9,12,14H2,1-3H3;3*2-6H,1H2;/q4*-1;+4. The van der Waals surface area contributed by atoms with E-state index in [1.54, 1.807) is 27.4 Å². The Morgan fingerprint density at radius 3 is 1.33 bits per heavy atom. The molecule has 0 bridgehead atoms. The first-order chi connectivity index (χ1) is 19.8. The zero-order valence-corrected chi connectivity index (χ0v) is 28.3. The van der Waals surface area contributed by atoms with Crippen molar-refractivity contribution in [1.29, 1.82) is 0 Å². The Morgan fingerprint density at radius 1 is 0.595 bits per heavy atom. The van der Waals surface area contributed by atoms with Gasteiger partial charge in [0, 0.05) is 0 Å². The molecular weight excluding hydrogens is 556 g/mol. The van der Waals surface area contributed by atoms with Crippen LogP contribution in [0.25, 0.3) is 0 Å². The van der Waals surface area contributed by atoms with Crippen molar-refractivity contribution >= 4 is 13.3 Å². The zero-order chi connectivity index (χ0) is 29.5. The van der Waals surface area contributed by atoms with Crippen LogP contribution in [-0.4, -0.2) is 8.07 Å². The van der Waals surface area contributed by atoms with Crippen molar-refractivity contribution in [3.05, 3.63) is 187 Å². The van der Waals surface area contributed by atoms with Crippen molar-refractivity contribution in [2.75, 3.05) is 0 Å². The quantitative estimate of drug-likeness (QED) is 0.142. The van der Waals surface area contributed by atoms with Crippen molar-refractivity contribution in [3.63, 3.8) is 0 Å². The van der Waals surface area contributed by atoms with Crippen LogP contribution in [0.4, 0.5) is 0 Å². The molecule has 5 aromatic rings. The van der Waals surface area contributed by atoms with Gasteiger partial charge >= 0.3 is 21.7 Å². The van der Waals surface area contributed by atoms with E-state index in [2.05, 4.69) is 77.2 Å². The minimum Gasteiger partial charge on any atom is -0.207 e. The Hall–Kier alpha value is -3.23.